The number of aromatic nitrogens is 6. The number of benzene rings is 14. The first-order valence-electron chi connectivity index (χ1n) is 34.8. The predicted molar refractivity (Wildman–Crippen MR) is 436 cm³/mol. The molecule has 21 rings (SSSR count). The molecule has 0 amide bonds. The van der Waals surface area contributed by atoms with Crippen LogP contribution in [0.2, 0.25) is 10.0 Å². The quantitative estimate of drug-likeness (QED) is 0.131. The van der Waals surface area contributed by atoms with E-state index in [1.807, 2.05) is 224 Å². The fraction of sp³-hybridized carbons (Fsp3) is 0. The van der Waals surface area contributed by atoms with Gasteiger partial charge in [0.25, 0.3) is 0 Å². The number of rotatable bonds is 9. The van der Waals surface area contributed by atoms with Crippen molar-refractivity contribution in [3.8, 4) is 125 Å². The Morgan fingerprint density at radius 1 is 0.284 bits per heavy atom. The van der Waals surface area contributed by atoms with E-state index in [0.29, 0.717) is 67.4 Å². The van der Waals surface area contributed by atoms with Gasteiger partial charge in [0, 0.05) is 82.1 Å². The van der Waals surface area contributed by atoms with Crippen molar-refractivity contribution < 1.29 is 33.1 Å². The molecule has 7 heterocycles. The normalized spacial score (nSPS) is 12.1. The minimum Gasteiger partial charge on any atom is -0.455 e. The first-order valence-corrected chi connectivity index (χ1v) is 38.0. The third kappa shape index (κ3) is 13.0. The molecule has 2 N–H and O–H groups in total. The zero-order valence-electron chi connectivity index (χ0n) is 57.1. The first-order chi connectivity index (χ1) is 53.6. The molecule has 3 aliphatic rings. The van der Waals surface area contributed by atoms with Crippen LogP contribution in [-0.4, -0.2) is 47.1 Å². The molecular weight excluding hydrogens is 1450 g/mol. The van der Waals surface area contributed by atoms with Crippen molar-refractivity contribution >= 4 is 115 Å². The zero-order valence-corrected chi connectivity index (χ0v) is 61.1. The topological polar surface area (TPSA) is 172 Å². The van der Waals surface area contributed by atoms with E-state index in [1.54, 1.807) is 53.5 Å². The summed E-state index contributed by atoms with van der Waals surface area (Å²) < 4.78 is 32.2. The Labute approximate surface area is 647 Å². The molecule has 0 bridgehead atoms. The molecule has 0 atom stereocenters. The highest BCUT2D eigenvalue weighted by molar-refractivity contribution is 8.00. The summed E-state index contributed by atoms with van der Waals surface area (Å²) in [5, 5.41) is 23.1. The molecule has 0 saturated carbocycles. The third-order valence-corrected chi connectivity index (χ3v) is 22.5. The fourth-order valence-electron chi connectivity index (χ4n) is 13.7. The summed E-state index contributed by atoms with van der Waals surface area (Å²) in [6.45, 7) is 0. The maximum absolute atomic E-state index is 9.29. The molecule has 3 aliphatic heterocycles. The average Bonchev–Trinajstić information content (AvgIpc) is 1.63. The van der Waals surface area contributed by atoms with E-state index in [9.17, 15) is 10.0 Å². The van der Waals surface area contributed by atoms with Crippen LogP contribution in [0.5, 0.6) is 34.5 Å². The van der Waals surface area contributed by atoms with Crippen molar-refractivity contribution in [1.82, 2.24) is 29.9 Å². The molecule has 520 valence electrons. The Hall–Kier alpha value is -12.3. The molecule has 0 fully saturated rings. The monoisotopic (exact) mass is 1510 g/mol. The van der Waals surface area contributed by atoms with Gasteiger partial charge in [-0.3, -0.25) is 0 Å². The minimum atomic E-state index is -1.52. The number of halogens is 2. The van der Waals surface area contributed by atoms with Gasteiger partial charge in [0.15, 0.2) is 40.5 Å². The number of hydrogen-bond acceptors (Lipinski definition) is 16. The van der Waals surface area contributed by atoms with Crippen LogP contribution in [0, 0.1) is 0 Å². The minimum absolute atomic E-state index is 0.393. The number of para-hydroxylation sites is 6. The molecule has 0 radical (unpaired) electrons. The molecule has 4 aromatic heterocycles. The predicted octanol–water partition coefficient (Wildman–Crippen LogP) is 24.3. The van der Waals surface area contributed by atoms with Crippen LogP contribution in [0.3, 0.4) is 0 Å². The second-order valence-corrected chi connectivity index (χ2v) is 29.7. The van der Waals surface area contributed by atoms with Gasteiger partial charge in [0.1, 0.15) is 51.2 Å². The van der Waals surface area contributed by atoms with Gasteiger partial charge in [-0.1, -0.05) is 277 Å². The molecular formula is C90H53BCl2N6O7S3. The number of fused-ring (bicyclic) bond motifs is 12. The Morgan fingerprint density at radius 2 is 0.642 bits per heavy atom. The smallest absolute Gasteiger partial charge is 0.455 e. The molecule has 109 heavy (non-hydrogen) atoms. The van der Waals surface area contributed by atoms with Gasteiger partial charge in [-0.2, -0.15) is 0 Å². The molecule has 18 aromatic rings. The number of hydrogen-bond donors (Lipinski definition) is 2. The van der Waals surface area contributed by atoms with Crippen LogP contribution in [0.1, 0.15) is 0 Å². The Balaban J connectivity index is 0.000000134. The molecule has 13 nitrogen and oxygen atoms in total. The highest BCUT2D eigenvalue weighted by Gasteiger charge is 2.30. The largest absolute Gasteiger partial charge is 0.492 e. The van der Waals surface area contributed by atoms with Crippen LogP contribution < -0.4 is 19.7 Å². The fourth-order valence-corrected chi connectivity index (χ4v) is 17.2. The summed E-state index contributed by atoms with van der Waals surface area (Å²) in [5.41, 5.74) is 12.2. The maximum atomic E-state index is 9.29. The third-order valence-electron chi connectivity index (χ3n) is 18.7. The summed E-state index contributed by atoms with van der Waals surface area (Å²) in [7, 11) is -1.52. The van der Waals surface area contributed by atoms with E-state index in [0.717, 1.165) is 146 Å². The molecule has 0 aliphatic carbocycles. The summed E-state index contributed by atoms with van der Waals surface area (Å²) in [6, 6.07) is 102. The van der Waals surface area contributed by atoms with Crippen molar-refractivity contribution in [3.05, 3.63) is 319 Å². The van der Waals surface area contributed by atoms with E-state index in [1.165, 1.54) is 0 Å². The van der Waals surface area contributed by atoms with Crippen LogP contribution >= 0.6 is 58.5 Å². The lowest BCUT2D eigenvalue weighted by Gasteiger charge is -2.23. The van der Waals surface area contributed by atoms with Crippen LogP contribution in [0.15, 0.2) is 348 Å². The van der Waals surface area contributed by atoms with Crippen molar-refractivity contribution in [2.24, 2.45) is 0 Å². The summed E-state index contributed by atoms with van der Waals surface area (Å²) in [5.74, 6) is 8.06. The number of nitrogens with zero attached hydrogens (tertiary/aromatic N) is 6. The zero-order chi connectivity index (χ0) is 73.1. The Bertz CT molecular complexity index is 6490. The average molecular weight is 1510 g/mol. The van der Waals surface area contributed by atoms with Crippen molar-refractivity contribution in [3.63, 3.8) is 0 Å². The van der Waals surface area contributed by atoms with Gasteiger partial charge in [-0.25, -0.2) is 29.9 Å². The van der Waals surface area contributed by atoms with Gasteiger partial charge >= 0.3 is 7.12 Å². The highest BCUT2D eigenvalue weighted by atomic mass is 35.5. The lowest BCUT2D eigenvalue weighted by molar-refractivity contribution is 0.417. The second-order valence-electron chi connectivity index (χ2n) is 25.6. The van der Waals surface area contributed by atoms with Gasteiger partial charge in [-0.15, -0.1) is 0 Å². The van der Waals surface area contributed by atoms with Crippen molar-refractivity contribution in [2.45, 2.75) is 29.4 Å². The van der Waals surface area contributed by atoms with Gasteiger partial charge in [0.05, 0.1) is 34.4 Å². The van der Waals surface area contributed by atoms with Crippen LogP contribution in [0.25, 0.3) is 134 Å². The Kier molecular flexibility index (Phi) is 17.8. The first kappa shape index (κ1) is 67.3. The number of ether oxygens (including phenoxy) is 3. The molecule has 14 aromatic carbocycles. The van der Waals surface area contributed by atoms with Gasteiger partial charge in [-0.05, 0) is 96.6 Å². The van der Waals surface area contributed by atoms with Crippen LogP contribution in [0.4, 0.5) is 0 Å². The summed E-state index contributed by atoms with van der Waals surface area (Å²) >= 11 is 17.7. The number of furan rings is 2. The standard InChI is InChI=1S/C51H29N3O3S2.C27H15Cl2N3O.C12H9BO3S/c1-3-14-30(15-4-1)49-52-50(31-16-5-2-6-17-31)54-51(53-49)35-20-11-23-40-45(35)37-29-32(33-18-12-26-43-47(33)55-38-21-7-9-24-41(38)58-43)28-36(46(37)57-40)34-19-13-27-44-48(34)56-39-22-8-10-25-42(39)59-44;28-18-14-20-23-19(12-7-13-22(23)33-24(20)21(29)15-18)27-31-25(16-8-3-1-4-9-16)30-26(32-27)17-10-5-2-6-11-17;14-13(15)8-4-3-7-11-12(8)16-9-5-1-2-6-10(9)17-11/h1-29H;1-15H;1-7,14-15H. The second kappa shape index (κ2) is 28.8. The van der Waals surface area contributed by atoms with E-state index in [-0.39, 0.29) is 0 Å². The molecule has 0 saturated heterocycles. The SMILES string of the molecule is Clc1cc(Cl)c2oc3cccc(-c4nc(-c5ccccc5)nc(-c5ccccc5)n4)c3c2c1.OB(O)c1cccc2c1Oc1ccccc1S2.c1ccc(-c2nc(-c3ccccc3)nc(-c3cccc4oc5c(-c6cccc7c6Oc6ccccc6S7)cc(-c6cccc7c6Oc6ccccc6S7)cc5c34)n2)cc1. The van der Waals surface area contributed by atoms with Crippen molar-refractivity contribution in [1.29, 1.82) is 0 Å². The van der Waals surface area contributed by atoms with Gasteiger partial charge in [0.2, 0.25) is 0 Å². The van der Waals surface area contributed by atoms with Gasteiger partial charge < -0.3 is 33.1 Å². The summed E-state index contributed by atoms with van der Waals surface area (Å²) in [4.78, 5) is 35.9. The highest BCUT2D eigenvalue weighted by Crippen LogP contribution is 2.56. The van der Waals surface area contributed by atoms with E-state index >= 15 is 0 Å². The lowest BCUT2D eigenvalue weighted by Crippen LogP contribution is -2.31. The van der Waals surface area contributed by atoms with Crippen LogP contribution in [-0.2, 0) is 0 Å². The Morgan fingerprint density at radius 3 is 1.11 bits per heavy atom. The van der Waals surface area contributed by atoms with E-state index in [2.05, 4.69) is 66.7 Å². The van der Waals surface area contributed by atoms with E-state index in [4.69, 9.17) is 76.2 Å². The van der Waals surface area contributed by atoms with Crippen molar-refractivity contribution in [2.75, 3.05) is 0 Å². The molecule has 19 heteroatoms. The maximum Gasteiger partial charge on any atom is 0.492 e. The van der Waals surface area contributed by atoms with E-state index < -0.39 is 7.12 Å². The molecule has 0 unspecified atom stereocenters. The summed E-state index contributed by atoms with van der Waals surface area (Å²) in [6.07, 6.45) is 0. The lowest BCUT2D eigenvalue weighted by atomic mass is 9.79. The molecule has 0 spiro atoms.